The summed E-state index contributed by atoms with van der Waals surface area (Å²) >= 11 is 5.80. The Morgan fingerprint density at radius 2 is 1.95 bits per heavy atom. The minimum absolute atomic E-state index is 0.279. The first-order valence-electron chi connectivity index (χ1n) is 7.65. The molecule has 0 aromatic heterocycles. The second-order valence-electron chi connectivity index (χ2n) is 5.06. The topological polar surface area (TPSA) is 44.7 Å². The van der Waals surface area contributed by atoms with Crippen LogP contribution in [0.1, 0.15) is 20.3 Å². The minimum atomic E-state index is -0.512. The second-order valence-corrected chi connectivity index (χ2v) is 5.49. The first-order valence-corrected chi connectivity index (χ1v) is 8.03. The number of aliphatic hydroxyl groups is 1. The SMILES string of the molecule is CCCN(CC)CCNCC(O)COc1ccc(Cl)cc1. The molecule has 1 atom stereocenters. The number of hydrogen-bond donors (Lipinski definition) is 2. The van der Waals surface area contributed by atoms with Crippen molar-refractivity contribution >= 4 is 11.6 Å². The van der Waals surface area contributed by atoms with Crippen LogP contribution in [-0.4, -0.2) is 55.4 Å². The molecular formula is C16H27ClN2O2. The minimum Gasteiger partial charge on any atom is -0.491 e. The number of aliphatic hydroxyl groups excluding tert-OH is 1. The number of rotatable bonds is 11. The van der Waals surface area contributed by atoms with Gasteiger partial charge in [0, 0.05) is 24.7 Å². The van der Waals surface area contributed by atoms with Gasteiger partial charge in [-0.05, 0) is 43.8 Å². The fourth-order valence-electron chi connectivity index (χ4n) is 2.03. The molecule has 0 radical (unpaired) electrons. The van der Waals surface area contributed by atoms with Crippen LogP contribution in [0.2, 0.25) is 5.02 Å². The number of likely N-dealkylation sites (N-methyl/N-ethyl adjacent to an activating group) is 1. The number of ether oxygens (including phenoxy) is 1. The van der Waals surface area contributed by atoms with E-state index in [0.29, 0.717) is 11.6 Å². The highest BCUT2D eigenvalue weighted by Gasteiger charge is 2.06. The summed E-state index contributed by atoms with van der Waals surface area (Å²) in [6.45, 7) is 9.26. The van der Waals surface area contributed by atoms with Crippen LogP contribution in [0.25, 0.3) is 0 Å². The first kappa shape index (κ1) is 18.2. The summed E-state index contributed by atoms with van der Waals surface area (Å²) < 4.78 is 5.50. The van der Waals surface area contributed by atoms with Crippen LogP contribution in [0.5, 0.6) is 5.75 Å². The van der Waals surface area contributed by atoms with Crippen LogP contribution in [0, 0.1) is 0 Å². The summed E-state index contributed by atoms with van der Waals surface area (Å²) in [5, 5.41) is 13.8. The van der Waals surface area contributed by atoms with Crippen molar-refractivity contribution in [2.45, 2.75) is 26.4 Å². The van der Waals surface area contributed by atoms with Crippen molar-refractivity contribution in [1.29, 1.82) is 0 Å². The third-order valence-electron chi connectivity index (χ3n) is 3.23. The maximum Gasteiger partial charge on any atom is 0.119 e. The normalized spacial score (nSPS) is 12.6. The average molecular weight is 315 g/mol. The Labute approximate surface area is 133 Å². The Kier molecular flexibility index (Phi) is 9.42. The zero-order valence-corrected chi connectivity index (χ0v) is 13.8. The lowest BCUT2D eigenvalue weighted by Gasteiger charge is -2.20. The monoisotopic (exact) mass is 314 g/mol. The highest BCUT2D eigenvalue weighted by molar-refractivity contribution is 6.30. The van der Waals surface area contributed by atoms with E-state index in [1.807, 2.05) is 0 Å². The Balaban J connectivity index is 2.11. The van der Waals surface area contributed by atoms with Crippen molar-refractivity contribution in [3.8, 4) is 5.75 Å². The van der Waals surface area contributed by atoms with Gasteiger partial charge in [-0.3, -0.25) is 0 Å². The molecule has 0 saturated carbocycles. The standard InChI is InChI=1S/C16H27ClN2O2/c1-3-10-19(4-2)11-9-18-12-15(20)13-21-16-7-5-14(17)6-8-16/h5-8,15,18,20H,3-4,9-13H2,1-2H3. The second kappa shape index (κ2) is 10.9. The third-order valence-corrected chi connectivity index (χ3v) is 3.48. The molecule has 0 amide bonds. The van der Waals surface area contributed by atoms with Gasteiger partial charge >= 0.3 is 0 Å². The summed E-state index contributed by atoms with van der Waals surface area (Å²) in [6, 6.07) is 7.14. The summed E-state index contributed by atoms with van der Waals surface area (Å²) in [6.07, 6.45) is 0.660. The molecule has 0 bridgehead atoms. The lowest BCUT2D eigenvalue weighted by molar-refractivity contribution is 0.105. The molecule has 0 aliphatic rings. The van der Waals surface area contributed by atoms with Crippen molar-refractivity contribution in [2.24, 2.45) is 0 Å². The molecule has 21 heavy (non-hydrogen) atoms. The van der Waals surface area contributed by atoms with E-state index in [4.69, 9.17) is 16.3 Å². The zero-order valence-electron chi connectivity index (χ0n) is 13.0. The van der Waals surface area contributed by atoms with E-state index in [9.17, 15) is 5.11 Å². The summed E-state index contributed by atoms with van der Waals surface area (Å²) in [5.41, 5.74) is 0. The summed E-state index contributed by atoms with van der Waals surface area (Å²) in [5.74, 6) is 0.721. The Bertz CT molecular complexity index is 373. The molecule has 5 heteroatoms. The largest absolute Gasteiger partial charge is 0.491 e. The van der Waals surface area contributed by atoms with Crippen molar-refractivity contribution in [3.63, 3.8) is 0 Å². The maximum absolute atomic E-state index is 9.86. The zero-order chi connectivity index (χ0) is 15.5. The lowest BCUT2D eigenvalue weighted by Crippen LogP contribution is -2.37. The average Bonchev–Trinajstić information content (AvgIpc) is 2.49. The quantitative estimate of drug-likeness (QED) is 0.616. The molecule has 0 aliphatic heterocycles. The highest BCUT2D eigenvalue weighted by Crippen LogP contribution is 2.15. The predicted octanol–water partition coefficient (Wildman–Crippen LogP) is 2.40. The molecule has 1 rings (SSSR count). The molecule has 4 nitrogen and oxygen atoms in total. The van der Waals surface area contributed by atoms with Crippen LogP contribution < -0.4 is 10.1 Å². The van der Waals surface area contributed by atoms with E-state index >= 15 is 0 Å². The number of nitrogens with zero attached hydrogens (tertiary/aromatic N) is 1. The van der Waals surface area contributed by atoms with Gasteiger partial charge in [-0.25, -0.2) is 0 Å². The molecule has 0 spiro atoms. The van der Waals surface area contributed by atoms with Gasteiger partial charge in [0.1, 0.15) is 18.5 Å². The van der Waals surface area contributed by atoms with E-state index < -0.39 is 6.10 Å². The first-order chi connectivity index (χ1) is 10.2. The fourth-order valence-corrected chi connectivity index (χ4v) is 2.16. The Hall–Kier alpha value is -0.810. The summed E-state index contributed by atoms with van der Waals surface area (Å²) in [7, 11) is 0. The van der Waals surface area contributed by atoms with Gasteiger partial charge in [0.05, 0.1) is 0 Å². The van der Waals surface area contributed by atoms with Crippen LogP contribution in [0.3, 0.4) is 0 Å². The van der Waals surface area contributed by atoms with Gasteiger partial charge in [0.15, 0.2) is 0 Å². The van der Waals surface area contributed by atoms with E-state index in [1.165, 1.54) is 6.42 Å². The van der Waals surface area contributed by atoms with Crippen molar-refractivity contribution < 1.29 is 9.84 Å². The Morgan fingerprint density at radius 1 is 1.24 bits per heavy atom. The van der Waals surface area contributed by atoms with Crippen molar-refractivity contribution in [2.75, 3.05) is 39.3 Å². The van der Waals surface area contributed by atoms with Gasteiger partial charge in [-0.2, -0.15) is 0 Å². The van der Waals surface area contributed by atoms with Gasteiger partial charge in [-0.15, -0.1) is 0 Å². The van der Waals surface area contributed by atoms with Crippen LogP contribution in [0.4, 0.5) is 0 Å². The number of benzene rings is 1. The molecule has 0 saturated heterocycles. The molecule has 120 valence electrons. The summed E-state index contributed by atoms with van der Waals surface area (Å²) in [4.78, 5) is 2.39. The van der Waals surface area contributed by atoms with Crippen LogP contribution in [-0.2, 0) is 0 Å². The third kappa shape index (κ3) is 8.27. The predicted molar refractivity (Wildman–Crippen MR) is 88.2 cm³/mol. The van der Waals surface area contributed by atoms with Gasteiger partial charge in [-0.1, -0.05) is 25.4 Å². The van der Waals surface area contributed by atoms with E-state index in [1.54, 1.807) is 24.3 Å². The van der Waals surface area contributed by atoms with Gasteiger partial charge in [0.25, 0.3) is 0 Å². The van der Waals surface area contributed by atoms with E-state index in [-0.39, 0.29) is 6.61 Å². The smallest absolute Gasteiger partial charge is 0.119 e. The maximum atomic E-state index is 9.86. The molecule has 1 unspecified atom stereocenters. The Morgan fingerprint density at radius 3 is 2.57 bits per heavy atom. The number of halogens is 1. The molecule has 0 heterocycles. The molecular weight excluding hydrogens is 288 g/mol. The van der Waals surface area contributed by atoms with E-state index in [0.717, 1.165) is 31.9 Å². The molecule has 2 N–H and O–H groups in total. The number of hydrogen-bond acceptors (Lipinski definition) is 4. The highest BCUT2D eigenvalue weighted by atomic mass is 35.5. The molecule has 0 fully saturated rings. The van der Waals surface area contributed by atoms with Gasteiger partial charge < -0.3 is 20.1 Å². The lowest BCUT2D eigenvalue weighted by atomic mass is 10.3. The number of nitrogens with one attached hydrogen (secondary N) is 1. The molecule has 1 aromatic carbocycles. The fraction of sp³-hybridized carbons (Fsp3) is 0.625. The van der Waals surface area contributed by atoms with Crippen LogP contribution in [0.15, 0.2) is 24.3 Å². The van der Waals surface area contributed by atoms with Gasteiger partial charge in [0.2, 0.25) is 0 Å². The van der Waals surface area contributed by atoms with Crippen LogP contribution >= 0.6 is 11.6 Å². The molecule has 1 aromatic rings. The van der Waals surface area contributed by atoms with Crippen molar-refractivity contribution in [3.05, 3.63) is 29.3 Å². The van der Waals surface area contributed by atoms with Crippen molar-refractivity contribution in [1.82, 2.24) is 10.2 Å². The molecule has 0 aliphatic carbocycles. The van der Waals surface area contributed by atoms with E-state index in [2.05, 4.69) is 24.1 Å².